The second-order valence-electron chi connectivity index (χ2n) is 5.63. The van der Waals surface area contributed by atoms with E-state index in [0.29, 0.717) is 26.0 Å². The maximum absolute atomic E-state index is 12.5. The average Bonchev–Trinajstić information content (AvgIpc) is 2.83. The quantitative estimate of drug-likeness (QED) is 0.802. The standard InChI is InChI=1S/C13H24N2O4S/c1-3-19-11-5-4-6-12(11)20(17,18)14-10-7-8-15(2)13(16)9-10/h10-12,14H,3-9H2,1-2H3. The minimum atomic E-state index is -3.42. The van der Waals surface area contributed by atoms with Crippen LogP contribution in [0.1, 0.15) is 39.0 Å². The van der Waals surface area contributed by atoms with E-state index in [4.69, 9.17) is 4.74 Å². The normalized spacial score (nSPS) is 31.8. The number of amides is 1. The van der Waals surface area contributed by atoms with E-state index >= 15 is 0 Å². The van der Waals surface area contributed by atoms with Crippen molar-refractivity contribution in [1.82, 2.24) is 9.62 Å². The number of hydrogen-bond acceptors (Lipinski definition) is 4. The first-order chi connectivity index (χ1) is 9.44. The molecule has 1 heterocycles. The molecule has 0 aromatic carbocycles. The van der Waals surface area contributed by atoms with Gasteiger partial charge in [-0.25, -0.2) is 13.1 Å². The Kier molecular flexibility index (Phi) is 5.04. The van der Waals surface area contributed by atoms with Crippen molar-refractivity contribution in [2.24, 2.45) is 0 Å². The minimum absolute atomic E-state index is 0.00303. The summed E-state index contributed by atoms with van der Waals surface area (Å²) in [6.45, 7) is 3.01. The molecule has 0 radical (unpaired) electrons. The highest BCUT2D eigenvalue weighted by molar-refractivity contribution is 7.90. The highest BCUT2D eigenvalue weighted by Crippen LogP contribution is 2.28. The summed E-state index contributed by atoms with van der Waals surface area (Å²) in [6, 6.07) is -0.272. The first-order valence-corrected chi connectivity index (χ1v) is 8.85. The number of nitrogens with one attached hydrogen (secondary N) is 1. The van der Waals surface area contributed by atoms with Gasteiger partial charge < -0.3 is 9.64 Å². The molecule has 1 saturated heterocycles. The summed E-state index contributed by atoms with van der Waals surface area (Å²) >= 11 is 0. The molecule has 1 aliphatic carbocycles. The third-order valence-corrected chi connectivity index (χ3v) is 6.16. The van der Waals surface area contributed by atoms with Crippen LogP contribution in [0.15, 0.2) is 0 Å². The predicted octanol–water partition coefficient (Wildman–Crippen LogP) is 0.484. The van der Waals surface area contributed by atoms with Crippen LogP contribution in [0.3, 0.4) is 0 Å². The van der Waals surface area contributed by atoms with E-state index in [2.05, 4.69) is 4.72 Å². The van der Waals surface area contributed by atoms with Crippen molar-refractivity contribution in [3.8, 4) is 0 Å². The Hall–Kier alpha value is -0.660. The highest BCUT2D eigenvalue weighted by Gasteiger charge is 2.39. The van der Waals surface area contributed by atoms with Crippen molar-refractivity contribution in [1.29, 1.82) is 0 Å². The zero-order valence-corrected chi connectivity index (χ0v) is 13.0. The first-order valence-electron chi connectivity index (χ1n) is 7.30. The fourth-order valence-corrected chi connectivity index (χ4v) is 4.95. The van der Waals surface area contributed by atoms with Crippen LogP contribution in [0.25, 0.3) is 0 Å². The van der Waals surface area contributed by atoms with Crippen molar-refractivity contribution >= 4 is 15.9 Å². The predicted molar refractivity (Wildman–Crippen MR) is 75.8 cm³/mol. The topological polar surface area (TPSA) is 75.7 Å². The van der Waals surface area contributed by atoms with Gasteiger partial charge in [-0.2, -0.15) is 0 Å². The number of sulfonamides is 1. The number of ether oxygens (including phenoxy) is 1. The van der Waals surface area contributed by atoms with E-state index in [9.17, 15) is 13.2 Å². The van der Waals surface area contributed by atoms with Gasteiger partial charge in [0.2, 0.25) is 15.9 Å². The molecule has 2 rings (SSSR count). The van der Waals surface area contributed by atoms with Gasteiger partial charge in [0.25, 0.3) is 0 Å². The van der Waals surface area contributed by atoms with Crippen LogP contribution < -0.4 is 4.72 Å². The molecule has 1 amide bonds. The fourth-order valence-electron chi connectivity index (χ4n) is 3.01. The van der Waals surface area contributed by atoms with Gasteiger partial charge in [0.1, 0.15) is 5.25 Å². The molecule has 0 bridgehead atoms. The molecule has 0 aromatic heterocycles. The molecule has 3 atom stereocenters. The summed E-state index contributed by atoms with van der Waals surface area (Å²) in [5, 5.41) is -0.475. The molecule has 0 spiro atoms. The number of hydrogen-bond donors (Lipinski definition) is 1. The molecular formula is C13H24N2O4S. The Bertz CT molecular complexity index is 451. The van der Waals surface area contributed by atoms with E-state index in [1.54, 1.807) is 11.9 Å². The van der Waals surface area contributed by atoms with Crippen LogP contribution in [-0.2, 0) is 19.6 Å². The van der Waals surface area contributed by atoms with E-state index in [1.165, 1.54) is 0 Å². The summed E-state index contributed by atoms with van der Waals surface area (Å²) < 4.78 is 33.2. The summed E-state index contributed by atoms with van der Waals surface area (Å²) in [7, 11) is -1.67. The molecular weight excluding hydrogens is 280 g/mol. The SMILES string of the molecule is CCOC1CCCC1S(=O)(=O)NC1CCN(C)C(=O)C1. The third kappa shape index (κ3) is 3.51. The van der Waals surface area contributed by atoms with Crippen molar-refractivity contribution in [2.45, 2.75) is 56.4 Å². The number of carbonyl (C=O) groups excluding carboxylic acids is 1. The van der Waals surface area contributed by atoms with Crippen LogP contribution in [0.5, 0.6) is 0 Å². The minimum Gasteiger partial charge on any atom is -0.377 e. The van der Waals surface area contributed by atoms with Crippen molar-refractivity contribution in [3.63, 3.8) is 0 Å². The molecule has 20 heavy (non-hydrogen) atoms. The molecule has 2 aliphatic rings. The van der Waals surface area contributed by atoms with E-state index < -0.39 is 15.3 Å². The fraction of sp³-hybridized carbons (Fsp3) is 0.923. The molecule has 1 aliphatic heterocycles. The first kappa shape index (κ1) is 15.7. The summed E-state index contributed by atoms with van der Waals surface area (Å²) in [4.78, 5) is 13.3. The largest absolute Gasteiger partial charge is 0.377 e. The average molecular weight is 304 g/mol. The Balaban J connectivity index is 1.98. The molecule has 0 aromatic rings. The van der Waals surface area contributed by atoms with Gasteiger partial charge in [0, 0.05) is 32.7 Å². The Labute approximate surface area is 120 Å². The van der Waals surface area contributed by atoms with Crippen LogP contribution >= 0.6 is 0 Å². The summed E-state index contributed by atoms with van der Waals surface area (Å²) in [5.74, 6) is -0.00303. The van der Waals surface area contributed by atoms with E-state index in [1.807, 2.05) is 6.92 Å². The molecule has 1 N–H and O–H groups in total. The van der Waals surface area contributed by atoms with Gasteiger partial charge in [-0.3, -0.25) is 4.79 Å². The molecule has 1 saturated carbocycles. The van der Waals surface area contributed by atoms with Gasteiger partial charge in [-0.05, 0) is 32.6 Å². The maximum atomic E-state index is 12.5. The lowest BCUT2D eigenvalue weighted by atomic mass is 10.1. The van der Waals surface area contributed by atoms with Gasteiger partial charge in [0.05, 0.1) is 6.10 Å². The Morgan fingerprint density at radius 1 is 1.35 bits per heavy atom. The zero-order chi connectivity index (χ0) is 14.8. The van der Waals surface area contributed by atoms with Crippen molar-refractivity contribution in [3.05, 3.63) is 0 Å². The van der Waals surface area contributed by atoms with Crippen LogP contribution in [0.2, 0.25) is 0 Å². The van der Waals surface area contributed by atoms with Gasteiger partial charge >= 0.3 is 0 Å². The second kappa shape index (κ2) is 6.41. The van der Waals surface area contributed by atoms with Gasteiger partial charge in [-0.15, -0.1) is 0 Å². The third-order valence-electron chi connectivity index (χ3n) is 4.16. The Morgan fingerprint density at radius 2 is 2.10 bits per heavy atom. The molecule has 3 unspecified atom stereocenters. The number of nitrogens with zero attached hydrogens (tertiary/aromatic N) is 1. The van der Waals surface area contributed by atoms with E-state index in [0.717, 1.165) is 12.8 Å². The monoisotopic (exact) mass is 304 g/mol. The van der Waals surface area contributed by atoms with Crippen LogP contribution in [0, 0.1) is 0 Å². The number of likely N-dealkylation sites (tertiary alicyclic amines) is 1. The molecule has 2 fully saturated rings. The summed E-state index contributed by atoms with van der Waals surface area (Å²) in [5.41, 5.74) is 0. The number of carbonyl (C=O) groups is 1. The lowest BCUT2D eigenvalue weighted by Gasteiger charge is -2.30. The van der Waals surface area contributed by atoms with Gasteiger partial charge in [0.15, 0.2) is 0 Å². The van der Waals surface area contributed by atoms with Gasteiger partial charge in [-0.1, -0.05) is 0 Å². The lowest BCUT2D eigenvalue weighted by molar-refractivity contribution is -0.132. The molecule has 116 valence electrons. The Morgan fingerprint density at radius 3 is 2.75 bits per heavy atom. The smallest absolute Gasteiger partial charge is 0.223 e. The van der Waals surface area contributed by atoms with Crippen LogP contribution in [0.4, 0.5) is 0 Å². The maximum Gasteiger partial charge on any atom is 0.223 e. The summed E-state index contributed by atoms with van der Waals surface area (Å²) in [6.07, 6.45) is 3.03. The second-order valence-corrected chi connectivity index (χ2v) is 7.56. The van der Waals surface area contributed by atoms with Crippen molar-refractivity contribution in [2.75, 3.05) is 20.2 Å². The lowest BCUT2D eigenvalue weighted by Crippen LogP contribution is -2.49. The zero-order valence-electron chi connectivity index (χ0n) is 12.2. The number of rotatable bonds is 5. The number of piperidine rings is 1. The molecule has 6 nitrogen and oxygen atoms in total. The van der Waals surface area contributed by atoms with Crippen molar-refractivity contribution < 1.29 is 17.9 Å². The van der Waals surface area contributed by atoms with E-state index in [-0.39, 0.29) is 24.5 Å². The van der Waals surface area contributed by atoms with Crippen LogP contribution in [-0.4, -0.2) is 56.8 Å². The molecule has 7 heteroatoms. The highest BCUT2D eigenvalue weighted by atomic mass is 32.2.